The van der Waals surface area contributed by atoms with Crippen LogP contribution < -0.4 is 4.90 Å². The third-order valence-electron chi connectivity index (χ3n) is 3.90. The van der Waals surface area contributed by atoms with Crippen LogP contribution in [-0.2, 0) is 0 Å². The van der Waals surface area contributed by atoms with E-state index >= 15 is 0 Å². The number of rotatable bonds is 4. The molecular formula is C20H16N6. The highest BCUT2D eigenvalue weighted by Crippen LogP contribution is 2.27. The summed E-state index contributed by atoms with van der Waals surface area (Å²) in [7, 11) is 1.93. The van der Waals surface area contributed by atoms with E-state index in [4.69, 9.17) is 4.98 Å². The highest BCUT2D eigenvalue weighted by atomic mass is 15.2. The Morgan fingerprint density at radius 1 is 0.731 bits per heavy atom. The fraction of sp³-hybridized carbons (Fsp3) is 0.0500. The molecule has 0 amide bonds. The normalized spacial score (nSPS) is 10.5. The molecule has 0 aromatic carbocycles. The van der Waals surface area contributed by atoms with Crippen molar-refractivity contribution >= 4 is 11.6 Å². The van der Waals surface area contributed by atoms with Crippen LogP contribution in [0.1, 0.15) is 0 Å². The number of anilines is 2. The summed E-state index contributed by atoms with van der Waals surface area (Å²) in [5.41, 5.74) is 2.42. The first-order valence-corrected chi connectivity index (χ1v) is 8.17. The first-order valence-electron chi connectivity index (χ1n) is 8.17. The van der Waals surface area contributed by atoms with Gasteiger partial charge in [0.2, 0.25) is 0 Å². The summed E-state index contributed by atoms with van der Waals surface area (Å²) in [6, 6.07) is 17.2. The highest BCUT2D eigenvalue weighted by Gasteiger charge is 2.13. The fourth-order valence-corrected chi connectivity index (χ4v) is 2.55. The molecule has 0 aliphatic carbocycles. The van der Waals surface area contributed by atoms with E-state index in [0.29, 0.717) is 11.5 Å². The van der Waals surface area contributed by atoms with E-state index in [1.807, 2.05) is 66.5 Å². The van der Waals surface area contributed by atoms with Crippen molar-refractivity contribution < 1.29 is 0 Å². The van der Waals surface area contributed by atoms with E-state index in [-0.39, 0.29) is 0 Å². The Hall–Kier alpha value is -3.67. The van der Waals surface area contributed by atoms with Crippen LogP contribution in [-0.4, -0.2) is 32.0 Å². The molecule has 126 valence electrons. The Morgan fingerprint density at radius 2 is 1.58 bits per heavy atom. The molecule has 0 N–H and O–H groups in total. The number of aromatic nitrogens is 5. The summed E-state index contributed by atoms with van der Waals surface area (Å²) in [5.74, 6) is 2.10. The molecule has 26 heavy (non-hydrogen) atoms. The molecule has 6 nitrogen and oxygen atoms in total. The largest absolute Gasteiger partial charge is 0.314 e. The van der Waals surface area contributed by atoms with Gasteiger partial charge in [-0.05, 0) is 36.4 Å². The van der Waals surface area contributed by atoms with Crippen LogP contribution in [0.3, 0.4) is 0 Å². The monoisotopic (exact) mass is 340 g/mol. The summed E-state index contributed by atoms with van der Waals surface area (Å²) >= 11 is 0. The molecule has 0 spiro atoms. The predicted octanol–water partition coefficient (Wildman–Crippen LogP) is 3.76. The Morgan fingerprint density at radius 3 is 2.27 bits per heavy atom. The van der Waals surface area contributed by atoms with Crippen molar-refractivity contribution in [1.82, 2.24) is 24.9 Å². The van der Waals surface area contributed by atoms with Gasteiger partial charge in [-0.1, -0.05) is 12.1 Å². The molecule has 4 aromatic heterocycles. The summed E-state index contributed by atoms with van der Waals surface area (Å²) in [5, 5.41) is 0. The van der Waals surface area contributed by atoms with Gasteiger partial charge in [-0.15, -0.1) is 0 Å². The minimum absolute atomic E-state index is 0.560. The zero-order valence-electron chi connectivity index (χ0n) is 14.2. The first kappa shape index (κ1) is 15.8. The van der Waals surface area contributed by atoms with Gasteiger partial charge in [-0.25, -0.2) is 15.0 Å². The Balaban J connectivity index is 1.86. The van der Waals surface area contributed by atoms with E-state index < -0.39 is 0 Å². The maximum Gasteiger partial charge on any atom is 0.180 e. The van der Waals surface area contributed by atoms with Crippen LogP contribution in [0.5, 0.6) is 0 Å². The summed E-state index contributed by atoms with van der Waals surface area (Å²) < 4.78 is 0. The second-order valence-corrected chi connectivity index (χ2v) is 5.64. The van der Waals surface area contributed by atoms with Crippen molar-refractivity contribution in [3.05, 3.63) is 79.4 Å². The van der Waals surface area contributed by atoms with Gasteiger partial charge in [0.05, 0.1) is 5.69 Å². The molecule has 0 bridgehead atoms. The highest BCUT2D eigenvalue weighted by molar-refractivity contribution is 5.68. The van der Waals surface area contributed by atoms with Crippen LogP contribution in [0.25, 0.3) is 22.8 Å². The van der Waals surface area contributed by atoms with Crippen molar-refractivity contribution in [1.29, 1.82) is 0 Å². The molecule has 0 aliphatic heterocycles. The van der Waals surface area contributed by atoms with E-state index in [2.05, 4.69) is 19.9 Å². The van der Waals surface area contributed by atoms with Gasteiger partial charge in [-0.2, -0.15) is 0 Å². The molecule has 0 saturated carbocycles. The number of pyridine rings is 3. The average molecular weight is 340 g/mol. The lowest BCUT2D eigenvalue weighted by molar-refractivity contribution is 1.05. The molecule has 0 atom stereocenters. The zero-order valence-corrected chi connectivity index (χ0v) is 14.2. The van der Waals surface area contributed by atoms with Crippen molar-refractivity contribution in [3.63, 3.8) is 0 Å². The maximum absolute atomic E-state index is 4.70. The molecule has 0 fully saturated rings. The topological polar surface area (TPSA) is 67.7 Å². The number of nitrogens with zero attached hydrogens (tertiary/aromatic N) is 6. The van der Waals surface area contributed by atoms with Crippen LogP contribution in [0.15, 0.2) is 79.4 Å². The average Bonchev–Trinajstić information content (AvgIpc) is 2.75. The van der Waals surface area contributed by atoms with Gasteiger partial charge >= 0.3 is 0 Å². The Labute approximate surface area is 151 Å². The van der Waals surface area contributed by atoms with Gasteiger partial charge in [-0.3, -0.25) is 9.97 Å². The van der Waals surface area contributed by atoms with Gasteiger partial charge in [0.25, 0.3) is 0 Å². The third kappa shape index (κ3) is 3.25. The van der Waals surface area contributed by atoms with E-state index in [1.165, 1.54) is 0 Å². The molecule has 4 aromatic rings. The van der Waals surface area contributed by atoms with E-state index in [0.717, 1.165) is 22.9 Å². The smallest absolute Gasteiger partial charge is 0.180 e. The van der Waals surface area contributed by atoms with Gasteiger partial charge in [0.15, 0.2) is 5.82 Å². The standard InChI is InChI=1S/C20H16N6/c1-26(18-9-3-5-12-23-18)19-13-17(15-7-6-10-21-14-15)24-20(25-19)16-8-2-4-11-22-16/h2-14H,1H3. The van der Waals surface area contributed by atoms with Crippen molar-refractivity contribution in [3.8, 4) is 22.8 Å². The molecular weight excluding hydrogens is 324 g/mol. The zero-order chi connectivity index (χ0) is 17.8. The summed E-state index contributed by atoms with van der Waals surface area (Å²) in [6.07, 6.45) is 7.02. The number of hydrogen-bond acceptors (Lipinski definition) is 6. The molecule has 4 heterocycles. The maximum atomic E-state index is 4.70. The minimum atomic E-state index is 0.560. The van der Waals surface area contributed by atoms with Crippen LogP contribution in [0, 0.1) is 0 Å². The molecule has 0 aliphatic rings. The SMILES string of the molecule is CN(c1ccccn1)c1cc(-c2cccnc2)nc(-c2ccccn2)n1. The van der Waals surface area contributed by atoms with E-state index in [9.17, 15) is 0 Å². The molecule has 0 unspecified atom stereocenters. The van der Waals surface area contributed by atoms with Crippen LogP contribution in [0.2, 0.25) is 0 Å². The lowest BCUT2D eigenvalue weighted by Gasteiger charge is -2.18. The van der Waals surface area contributed by atoms with Crippen LogP contribution in [0.4, 0.5) is 11.6 Å². The Bertz CT molecular complexity index is 933. The minimum Gasteiger partial charge on any atom is -0.314 e. The van der Waals surface area contributed by atoms with Crippen molar-refractivity contribution in [2.45, 2.75) is 0 Å². The first-order chi connectivity index (χ1) is 12.8. The predicted molar refractivity (Wildman–Crippen MR) is 101 cm³/mol. The lowest BCUT2D eigenvalue weighted by atomic mass is 10.2. The van der Waals surface area contributed by atoms with Crippen LogP contribution >= 0.6 is 0 Å². The van der Waals surface area contributed by atoms with Crippen molar-refractivity contribution in [2.24, 2.45) is 0 Å². The summed E-state index contributed by atoms with van der Waals surface area (Å²) in [4.78, 5) is 24.3. The van der Waals surface area contributed by atoms with Gasteiger partial charge < -0.3 is 4.90 Å². The number of hydrogen-bond donors (Lipinski definition) is 0. The molecule has 0 saturated heterocycles. The fourth-order valence-electron chi connectivity index (χ4n) is 2.55. The van der Waals surface area contributed by atoms with E-state index in [1.54, 1.807) is 24.8 Å². The molecule has 4 rings (SSSR count). The second-order valence-electron chi connectivity index (χ2n) is 5.64. The quantitative estimate of drug-likeness (QED) is 0.563. The van der Waals surface area contributed by atoms with Gasteiger partial charge in [0.1, 0.15) is 17.3 Å². The van der Waals surface area contributed by atoms with Gasteiger partial charge in [0, 0.05) is 43.5 Å². The summed E-state index contributed by atoms with van der Waals surface area (Å²) in [6.45, 7) is 0. The lowest BCUT2D eigenvalue weighted by Crippen LogP contribution is -2.13. The third-order valence-corrected chi connectivity index (χ3v) is 3.90. The molecule has 0 radical (unpaired) electrons. The second kappa shape index (κ2) is 7.06. The molecule has 6 heteroatoms. The Kier molecular flexibility index (Phi) is 4.30. The van der Waals surface area contributed by atoms with Crippen molar-refractivity contribution in [2.75, 3.05) is 11.9 Å².